The maximum absolute atomic E-state index is 10.4. The van der Waals surface area contributed by atoms with Gasteiger partial charge in [-0.25, -0.2) is 0 Å². The molecule has 1 rings (SSSR count). The van der Waals surface area contributed by atoms with Gasteiger partial charge < -0.3 is 9.84 Å². The number of aliphatic hydroxyl groups is 1. The van der Waals surface area contributed by atoms with Crippen LogP contribution in [0.2, 0.25) is 5.02 Å². The number of rotatable bonds is 4. The van der Waals surface area contributed by atoms with Crippen molar-refractivity contribution in [2.24, 2.45) is 0 Å². The predicted molar refractivity (Wildman–Crippen MR) is 55.3 cm³/mol. The van der Waals surface area contributed by atoms with E-state index in [-0.39, 0.29) is 17.3 Å². The van der Waals surface area contributed by atoms with E-state index in [0.717, 1.165) is 0 Å². The first-order chi connectivity index (χ1) is 7.00. The van der Waals surface area contributed by atoms with E-state index in [2.05, 4.69) is 0 Å². The molecule has 0 unspecified atom stereocenters. The monoisotopic (exact) mass is 231 g/mol. The Bertz CT molecular complexity index is 367. The lowest BCUT2D eigenvalue weighted by atomic mass is 10.3. The maximum atomic E-state index is 10.4. The van der Waals surface area contributed by atoms with Gasteiger partial charge in [0.2, 0.25) is 0 Å². The standard InChI is InChI=1S/C9H10ClNO4/c1-6(12)5-15-9-3-2-7(11(13)14)4-8(9)10/h2-4,6,12H,5H2,1H3/t6-/m1/s1. The Labute approximate surface area is 91.4 Å². The van der Waals surface area contributed by atoms with E-state index >= 15 is 0 Å². The number of hydrogen-bond acceptors (Lipinski definition) is 4. The van der Waals surface area contributed by atoms with Gasteiger partial charge in [-0.15, -0.1) is 0 Å². The summed E-state index contributed by atoms with van der Waals surface area (Å²) in [6.07, 6.45) is -0.615. The van der Waals surface area contributed by atoms with Crippen molar-refractivity contribution in [1.29, 1.82) is 0 Å². The van der Waals surface area contributed by atoms with E-state index in [1.165, 1.54) is 18.2 Å². The topological polar surface area (TPSA) is 72.6 Å². The first-order valence-corrected chi connectivity index (χ1v) is 4.63. The van der Waals surface area contributed by atoms with Gasteiger partial charge in [-0.05, 0) is 13.0 Å². The highest BCUT2D eigenvalue weighted by Gasteiger charge is 2.10. The SMILES string of the molecule is C[C@@H](O)COc1ccc([N+](=O)[O-])cc1Cl. The second-order valence-corrected chi connectivity index (χ2v) is 3.44. The van der Waals surface area contributed by atoms with Crippen LogP contribution in [0.3, 0.4) is 0 Å². The van der Waals surface area contributed by atoms with Gasteiger partial charge in [0, 0.05) is 12.1 Å². The van der Waals surface area contributed by atoms with E-state index in [0.29, 0.717) is 5.75 Å². The van der Waals surface area contributed by atoms with Crippen molar-refractivity contribution >= 4 is 17.3 Å². The Hall–Kier alpha value is -1.33. The Morgan fingerprint density at radius 3 is 2.80 bits per heavy atom. The summed E-state index contributed by atoms with van der Waals surface area (Å²) in [5.74, 6) is 0.322. The molecule has 0 bridgehead atoms. The predicted octanol–water partition coefficient (Wildman–Crippen LogP) is 2.01. The lowest BCUT2D eigenvalue weighted by Crippen LogP contribution is -2.12. The fourth-order valence-corrected chi connectivity index (χ4v) is 1.16. The number of halogens is 1. The molecule has 1 N–H and O–H groups in total. The fraction of sp³-hybridized carbons (Fsp3) is 0.333. The molecule has 6 heteroatoms. The summed E-state index contributed by atoms with van der Waals surface area (Å²) < 4.78 is 5.13. The van der Waals surface area contributed by atoms with Gasteiger partial charge in [0.15, 0.2) is 0 Å². The van der Waals surface area contributed by atoms with Crippen molar-refractivity contribution in [2.45, 2.75) is 13.0 Å². The van der Waals surface area contributed by atoms with Gasteiger partial charge in [0.05, 0.1) is 16.0 Å². The van der Waals surface area contributed by atoms with Crippen molar-refractivity contribution in [3.05, 3.63) is 33.3 Å². The first kappa shape index (κ1) is 11.7. The summed E-state index contributed by atoms with van der Waals surface area (Å²) >= 11 is 5.75. The second kappa shape index (κ2) is 4.95. The molecule has 0 spiro atoms. The van der Waals surface area contributed by atoms with Crippen LogP contribution in [0.25, 0.3) is 0 Å². The molecule has 0 saturated carbocycles. The third-order valence-electron chi connectivity index (χ3n) is 1.61. The molecule has 1 atom stereocenters. The Morgan fingerprint density at radius 1 is 1.67 bits per heavy atom. The zero-order valence-corrected chi connectivity index (χ0v) is 8.77. The minimum Gasteiger partial charge on any atom is -0.489 e. The van der Waals surface area contributed by atoms with E-state index in [1.54, 1.807) is 6.92 Å². The highest BCUT2D eigenvalue weighted by Crippen LogP contribution is 2.28. The van der Waals surface area contributed by atoms with Crippen molar-refractivity contribution in [3.63, 3.8) is 0 Å². The second-order valence-electron chi connectivity index (χ2n) is 3.03. The van der Waals surface area contributed by atoms with Crippen molar-refractivity contribution in [1.82, 2.24) is 0 Å². The number of nitrogens with zero attached hydrogens (tertiary/aromatic N) is 1. The molecule has 0 aliphatic heterocycles. The van der Waals surface area contributed by atoms with Gasteiger partial charge in [-0.3, -0.25) is 10.1 Å². The zero-order chi connectivity index (χ0) is 11.4. The average molecular weight is 232 g/mol. The van der Waals surface area contributed by atoms with Gasteiger partial charge in [0.25, 0.3) is 5.69 Å². The summed E-state index contributed by atoms with van der Waals surface area (Å²) in [7, 11) is 0. The van der Waals surface area contributed by atoms with Crippen LogP contribution in [0.4, 0.5) is 5.69 Å². The minimum atomic E-state index is -0.615. The van der Waals surface area contributed by atoms with Crippen molar-refractivity contribution in [3.8, 4) is 5.75 Å². The summed E-state index contributed by atoms with van der Waals surface area (Å²) in [6.45, 7) is 1.66. The van der Waals surface area contributed by atoms with E-state index in [4.69, 9.17) is 21.4 Å². The van der Waals surface area contributed by atoms with Crippen LogP contribution in [0.5, 0.6) is 5.75 Å². The summed E-state index contributed by atoms with van der Waals surface area (Å²) in [6, 6.07) is 3.91. The molecule has 0 saturated heterocycles. The first-order valence-electron chi connectivity index (χ1n) is 4.25. The van der Waals surface area contributed by atoms with Crippen LogP contribution in [0.1, 0.15) is 6.92 Å². The average Bonchev–Trinajstić information content (AvgIpc) is 2.15. The van der Waals surface area contributed by atoms with E-state index in [1.807, 2.05) is 0 Å². The van der Waals surface area contributed by atoms with Crippen LogP contribution in [-0.2, 0) is 0 Å². The number of aliphatic hydroxyl groups excluding tert-OH is 1. The van der Waals surface area contributed by atoms with Crippen LogP contribution >= 0.6 is 11.6 Å². The number of hydrogen-bond donors (Lipinski definition) is 1. The third-order valence-corrected chi connectivity index (χ3v) is 1.90. The molecule has 1 aromatic rings. The van der Waals surface area contributed by atoms with E-state index in [9.17, 15) is 10.1 Å². The molecule has 0 amide bonds. The smallest absolute Gasteiger partial charge is 0.271 e. The molecular weight excluding hydrogens is 222 g/mol. The Morgan fingerprint density at radius 2 is 2.33 bits per heavy atom. The fourth-order valence-electron chi connectivity index (χ4n) is 0.931. The summed E-state index contributed by atoms with van der Waals surface area (Å²) in [4.78, 5) is 9.86. The molecule has 0 fully saturated rings. The molecule has 0 aromatic heterocycles. The molecule has 0 aliphatic carbocycles. The molecule has 82 valence electrons. The Kier molecular flexibility index (Phi) is 3.88. The quantitative estimate of drug-likeness (QED) is 0.636. The minimum absolute atomic E-state index is 0.0932. The number of nitro benzene ring substituents is 1. The maximum Gasteiger partial charge on any atom is 0.271 e. The van der Waals surface area contributed by atoms with Crippen molar-refractivity contribution < 1.29 is 14.8 Å². The number of non-ortho nitro benzene ring substituents is 1. The lowest BCUT2D eigenvalue weighted by Gasteiger charge is -2.08. The van der Waals surface area contributed by atoms with Crippen LogP contribution in [-0.4, -0.2) is 22.7 Å². The van der Waals surface area contributed by atoms with Gasteiger partial charge in [-0.2, -0.15) is 0 Å². The molecule has 15 heavy (non-hydrogen) atoms. The number of ether oxygens (including phenoxy) is 1. The molecule has 1 aromatic carbocycles. The number of nitro groups is 1. The molecule has 5 nitrogen and oxygen atoms in total. The lowest BCUT2D eigenvalue weighted by molar-refractivity contribution is -0.384. The van der Waals surface area contributed by atoms with Crippen LogP contribution < -0.4 is 4.74 Å². The van der Waals surface area contributed by atoms with Crippen LogP contribution in [0, 0.1) is 10.1 Å². The molecular formula is C9H10ClNO4. The van der Waals surface area contributed by atoms with Crippen molar-refractivity contribution in [2.75, 3.05) is 6.61 Å². The highest BCUT2D eigenvalue weighted by molar-refractivity contribution is 6.32. The largest absolute Gasteiger partial charge is 0.489 e. The molecule has 0 heterocycles. The highest BCUT2D eigenvalue weighted by atomic mass is 35.5. The summed E-state index contributed by atoms with van der Waals surface area (Å²) in [5, 5.41) is 19.5. The molecule has 0 radical (unpaired) electrons. The van der Waals surface area contributed by atoms with Gasteiger partial charge in [0.1, 0.15) is 12.4 Å². The van der Waals surface area contributed by atoms with E-state index < -0.39 is 11.0 Å². The Balaban J connectivity index is 2.79. The van der Waals surface area contributed by atoms with Gasteiger partial charge >= 0.3 is 0 Å². The zero-order valence-electron chi connectivity index (χ0n) is 8.01. The third kappa shape index (κ3) is 3.38. The van der Waals surface area contributed by atoms with Gasteiger partial charge in [-0.1, -0.05) is 11.6 Å². The molecule has 0 aliphatic rings. The van der Waals surface area contributed by atoms with Crippen LogP contribution in [0.15, 0.2) is 18.2 Å². The number of benzene rings is 1. The summed E-state index contributed by atoms with van der Waals surface area (Å²) in [5.41, 5.74) is -0.0932. The normalized spacial score (nSPS) is 12.2.